The normalized spacial score (nSPS) is 19.9. The van der Waals surface area contributed by atoms with E-state index >= 15 is 0 Å². The second kappa shape index (κ2) is 10.2. The third kappa shape index (κ3) is 5.47. The average Bonchev–Trinajstić information content (AvgIpc) is 3.12. The summed E-state index contributed by atoms with van der Waals surface area (Å²) in [6, 6.07) is 1.96. The summed E-state index contributed by atoms with van der Waals surface area (Å²) in [6.07, 6.45) is 5.91. The van der Waals surface area contributed by atoms with Gasteiger partial charge in [-0.1, -0.05) is 19.3 Å². The Kier molecular flexibility index (Phi) is 7.64. The van der Waals surface area contributed by atoms with Crippen molar-refractivity contribution in [3.8, 4) is 0 Å². The van der Waals surface area contributed by atoms with Crippen LogP contribution in [-0.2, 0) is 20.9 Å². The van der Waals surface area contributed by atoms with Gasteiger partial charge in [0.2, 0.25) is 11.8 Å². The number of hydrogen-bond acceptors (Lipinski definition) is 6. The first kappa shape index (κ1) is 22.5. The summed E-state index contributed by atoms with van der Waals surface area (Å²) in [7, 11) is 7.37. The van der Waals surface area contributed by atoms with Crippen molar-refractivity contribution in [3.05, 3.63) is 17.6 Å². The molecule has 1 saturated heterocycles. The van der Waals surface area contributed by atoms with E-state index in [1.165, 1.54) is 6.42 Å². The minimum atomic E-state index is 0.0363. The highest BCUT2D eigenvalue weighted by Crippen LogP contribution is 2.29. The van der Waals surface area contributed by atoms with Crippen LogP contribution < -0.4 is 4.90 Å². The number of anilines is 1. The summed E-state index contributed by atoms with van der Waals surface area (Å²) in [4.78, 5) is 40.2. The van der Waals surface area contributed by atoms with Crippen LogP contribution in [0.5, 0.6) is 0 Å². The van der Waals surface area contributed by atoms with E-state index in [4.69, 9.17) is 9.72 Å². The Bertz CT molecular complexity index is 748. The van der Waals surface area contributed by atoms with Crippen LogP contribution >= 0.6 is 0 Å². The highest BCUT2D eigenvalue weighted by molar-refractivity contribution is 5.80. The molecule has 2 heterocycles. The molecule has 1 aliphatic carbocycles. The zero-order chi connectivity index (χ0) is 21.7. The number of methoxy groups -OCH3 is 1. The van der Waals surface area contributed by atoms with Gasteiger partial charge in [-0.05, 0) is 12.8 Å². The standard InChI is InChI=1S/C22H35N5O3/c1-25(2)20-13-18(17-12-21(28)27(14-17)10-11-30-4)23-19(24-20)15-26(3)22(29)16-8-6-5-7-9-16/h13,16-17H,5-12,14-15H2,1-4H3/t17-/m0/s1. The molecule has 1 aliphatic heterocycles. The number of amides is 2. The lowest BCUT2D eigenvalue weighted by Crippen LogP contribution is -2.34. The largest absolute Gasteiger partial charge is 0.383 e. The molecule has 30 heavy (non-hydrogen) atoms. The van der Waals surface area contributed by atoms with Crippen molar-refractivity contribution in [1.82, 2.24) is 19.8 Å². The van der Waals surface area contributed by atoms with Gasteiger partial charge in [0.25, 0.3) is 0 Å². The molecule has 2 aliphatic rings. The number of aromatic nitrogens is 2. The molecule has 1 aromatic heterocycles. The second-order valence-electron chi connectivity index (χ2n) is 8.72. The maximum Gasteiger partial charge on any atom is 0.225 e. The van der Waals surface area contributed by atoms with E-state index in [0.29, 0.717) is 38.5 Å². The van der Waals surface area contributed by atoms with Crippen molar-refractivity contribution in [2.24, 2.45) is 5.92 Å². The Morgan fingerprint density at radius 3 is 2.60 bits per heavy atom. The number of hydrogen-bond donors (Lipinski definition) is 0. The van der Waals surface area contributed by atoms with Crippen molar-refractivity contribution >= 4 is 17.6 Å². The Morgan fingerprint density at radius 1 is 1.20 bits per heavy atom. The second-order valence-corrected chi connectivity index (χ2v) is 8.72. The smallest absolute Gasteiger partial charge is 0.225 e. The van der Waals surface area contributed by atoms with Crippen LogP contribution in [0, 0.1) is 5.92 Å². The zero-order valence-corrected chi connectivity index (χ0v) is 18.8. The van der Waals surface area contributed by atoms with E-state index in [1.807, 2.05) is 37.0 Å². The van der Waals surface area contributed by atoms with Crippen LogP contribution in [0.25, 0.3) is 0 Å². The molecule has 1 saturated carbocycles. The molecule has 1 aromatic rings. The molecule has 0 unspecified atom stereocenters. The van der Waals surface area contributed by atoms with Gasteiger partial charge in [0.1, 0.15) is 11.6 Å². The molecule has 0 radical (unpaired) electrons. The van der Waals surface area contributed by atoms with Gasteiger partial charge in [0.05, 0.1) is 18.8 Å². The summed E-state index contributed by atoms with van der Waals surface area (Å²) in [5.74, 6) is 1.92. The number of nitrogens with zero attached hydrogens (tertiary/aromatic N) is 5. The number of likely N-dealkylation sites (tertiary alicyclic amines) is 1. The lowest BCUT2D eigenvalue weighted by molar-refractivity contribution is -0.135. The van der Waals surface area contributed by atoms with Gasteiger partial charge in [-0.3, -0.25) is 9.59 Å². The van der Waals surface area contributed by atoms with E-state index in [0.717, 1.165) is 37.2 Å². The molecule has 0 aromatic carbocycles. The van der Waals surface area contributed by atoms with Gasteiger partial charge in [0, 0.05) is 65.7 Å². The van der Waals surface area contributed by atoms with Crippen LogP contribution in [0.3, 0.4) is 0 Å². The Balaban J connectivity index is 1.74. The summed E-state index contributed by atoms with van der Waals surface area (Å²) < 4.78 is 5.12. The minimum Gasteiger partial charge on any atom is -0.383 e. The summed E-state index contributed by atoms with van der Waals surface area (Å²) in [6.45, 7) is 2.16. The zero-order valence-electron chi connectivity index (χ0n) is 18.8. The number of rotatable bonds is 8. The SMILES string of the molecule is COCCN1C[C@@H](c2cc(N(C)C)nc(CN(C)C(=O)C3CCCCC3)n2)CC1=O. The molecular weight excluding hydrogens is 382 g/mol. The first-order valence-corrected chi connectivity index (χ1v) is 11.0. The molecule has 2 fully saturated rings. The fraction of sp³-hybridized carbons (Fsp3) is 0.727. The third-order valence-electron chi connectivity index (χ3n) is 6.14. The monoisotopic (exact) mass is 417 g/mol. The van der Waals surface area contributed by atoms with E-state index in [2.05, 4.69) is 4.98 Å². The molecule has 166 valence electrons. The predicted octanol–water partition coefficient (Wildman–Crippen LogP) is 2.04. The molecule has 8 heteroatoms. The lowest BCUT2D eigenvalue weighted by atomic mass is 9.88. The summed E-state index contributed by atoms with van der Waals surface area (Å²) in [5, 5.41) is 0. The fourth-order valence-electron chi connectivity index (χ4n) is 4.35. The number of ether oxygens (including phenoxy) is 1. The summed E-state index contributed by atoms with van der Waals surface area (Å²) in [5.41, 5.74) is 0.871. The number of carbonyl (C=O) groups excluding carboxylic acids is 2. The van der Waals surface area contributed by atoms with Crippen molar-refractivity contribution in [2.75, 3.05) is 52.8 Å². The maximum absolute atomic E-state index is 12.8. The Labute approximate surface area is 179 Å². The van der Waals surface area contributed by atoms with E-state index in [9.17, 15) is 9.59 Å². The van der Waals surface area contributed by atoms with Crippen LogP contribution in [0.1, 0.15) is 56.0 Å². The van der Waals surface area contributed by atoms with Crippen LogP contribution in [0.2, 0.25) is 0 Å². The number of carbonyl (C=O) groups is 2. The Hall–Kier alpha value is -2.22. The highest BCUT2D eigenvalue weighted by atomic mass is 16.5. The first-order valence-electron chi connectivity index (χ1n) is 11.0. The molecule has 0 spiro atoms. The van der Waals surface area contributed by atoms with Gasteiger partial charge in [0.15, 0.2) is 0 Å². The van der Waals surface area contributed by atoms with Crippen LogP contribution in [0.15, 0.2) is 6.07 Å². The molecular formula is C22H35N5O3. The fourth-order valence-corrected chi connectivity index (χ4v) is 4.35. The molecule has 3 rings (SSSR count). The summed E-state index contributed by atoms with van der Waals surface area (Å²) >= 11 is 0. The van der Waals surface area contributed by atoms with E-state index < -0.39 is 0 Å². The lowest BCUT2D eigenvalue weighted by Gasteiger charge is -2.26. The van der Waals surface area contributed by atoms with Crippen molar-refractivity contribution < 1.29 is 14.3 Å². The van der Waals surface area contributed by atoms with Gasteiger partial charge in [-0.25, -0.2) is 9.97 Å². The maximum atomic E-state index is 12.8. The molecule has 8 nitrogen and oxygen atoms in total. The van der Waals surface area contributed by atoms with Crippen molar-refractivity contribution in [1.29, 1.82) is 0 Å². The van der Waals surface area contributed by atoms with Gasteiger partial charge >= 0.3 is 0 Å². The topological polar surface area (TPSA) is 78.9 Å². The highest BCUT2D eigenvalue weighted by Gasteiger charge is 2.32. The van der Waals surface area contributed by atoms with Gasteiger partial charge < -0.3 is 19.4 Å². The van der Waals surface area contributed by atoms with E-state index in [1.54, 1.807) is 12.0 Å². The molecule has 1 atom stereocenters. The van der Waals surface area contributed by atoms with E-state index in [-0.39, 0.29) is 23.7 Å². The average molecular weight is 418 g/mol. The van der Waals surface area contributed by atoms with Gasteiger partial charge in [-0.15, -0.1) is 0 Å². The third-order valence-corrected chi connectivity index (χ3v) is 6.14. The van der Waals surface area contributed by atoms with Gasteiger partial charge in [-0.2, -0.15) is 0 Å². The van der Waals surface area contributed by atoms with Crippen LogP contribution in [-0.4, -0.2) is 79.5 Å². The quantitative estimate of drug-likeness (QED) is 0.644. The molecule has 0 N–H and O–H groups in total. The van der Waals surface area contributed by atoms with Crippen molar-refractivity contribution in [3.63, 3.8) is 0 Å². The first-order chi connectivity index (χ1) is 14.4. The molecule has 0 bridgehead atoms. The van der Waals surface area contributed by atoms with Crippen LogP contribution in [0.4, 0.5) is 5.82 Å². The Morgan fingerprint density at radius 2 is 1.93 bits per heavy atom. The van der Waals surface area contributed by atoms with Crippen molar-refractivity contribution in [2.45, 2.75) is 51.0 Å². The molecule has 2 amide bonds. The predicted molar refractivity (Wildman–Crippen MR) is 115 cm³/mol. The minimum absolute atomic E-state index is 0.0363.